The molecular formula is C27H27ClF2N2O2. The molecule has 1 fully saturated rings. The molecule has 0 bridgehead atoms. The third-order valence-electron chi connectivity index (χ3n) is 6.11. The maximum Gasteiger partial charge on any atom is 0.253 e. The number of hydrogen-bond donors (Lipinski definition) is 0. The van der Waals surface area contributed by atoms with Crippen LogP contribution in [0.15, 0.2) is 66.7 Å². The van der Waals surface area contributed by atoms with Crippen LogP contribution in [0.3, 0.4) is 0 Å². The summed E-state index contributed by atoms with van der Waals surface area (Å²) >= 11 is 6.04. The first kappa shape index (κ1) is 24.3. The summed E-state index contributed by atoms with van der Waals surface area (Å²) < 4.78 is 34.2. The summed E-state index contributed by atoms with van der Waals surface area (Å²) in [5.41, 5.74) is 2.59. The molecule has 1 aliphatic rings. The van der Waals surface area contributed by atoms with Gasteiger partial charge in [0.05, 0.1) is 12.7 Å². The van der Waals surface area contributed by atoms with Crippen molar-refractivity contribution in [2.45, 2.75) is 19.6 Å². The summed E-state index contributed by atoms with van der Waals surface area (Å²) in [6.45, 7) is 4.90. The molecule has 1 amide bonds. The summed E-state index contributed by atoms with van der Waals surface area (Å²) in [6.07, 6.45) is -0.407. The van der Waals surface area contributed by atoms with Crippen LogP contribution in [0, 0.1) is 18.6 Å². The monoisotopic (exact) mass is 484 g/mol. The topological polar surface area (TPSA) is 32.8 Å². The van der Waals surface area contributed by atoms with Crippen molar-refractivity contribution in [3.8, 4) is 0 Å². The van der Waals surface area contributed by atoms with E-state index in [1.807, 2.05) is 48.2 Å². The number of piperazine rings is 1. The van der Waals surface area contributed by atoms with E-state index in [0.717, 1.165) is 11.1 Å². The second-order valence-corrected chi connectivity index (χ2v) is 8.95. The number of carbonyl (C=O) groups is 1. The molecule has 34 heavy (non-hydrogen) atoms. The second-order valence-electron chi connectivity index (χ2n) is 8.51. The number of aryl methyl sites for hydroxylation is 1. The Morgan fingerprint density at radius 3 is 2.18 bits per heavy atom. The van der Waals surface area contributed by atoms with Gasteiger partial charge in [-0.1, -0.05) is 47.5 Å². The van der Waals surface area contributed by atoms with Gasteiger partial charge in [0.2, 0.25) is 0 Å². The van der Waals surface area contributed by atoms with Crippen molar-refractivity contribution >= 4 is 17.5 Å². The van der Waals surface area contributed by atoms with Crippen LogP contribution in [-0.4, -0.2) is 48.4 Å². The summed E-state index contributed by atoms with van der Waals surface area (Å²) in [6, 6.07) is 18.7. The van der Waals surface area contributed by atoms with Crippen LogP contribution in [0.1, 0.15) is 33.2 Å². The van der Waals surface area contributed by atoms with Gasteiger partial charge in [0.1, 0.15) is 11.6 Å². The van der Waals surface area contributed by atoms with E-state index in [1.54, 1.807) is 12.1 Å². The first-order chi connectivity index (χ1) is 16.4. The quantitative estimate of drug-likeness (QED) is 0.435. The van der Waals surface area contributed by atoms with Gasteiger partial charge in [-0.05, 0) is 48.9 Å². The largest absolute Gasteiger partial charge is 0.367 e. The number of benzene rings is 3. The highest BCUT2D eigenvalue weighted by molar-refractivity contribution is 6.30. The number of amides is 1. The van der Waals surface area contributed by atoms with Gasteiger partial charge in [0, 0.05) is 48.9 Å². The molecule has 4 rings (SSSR count). The van der Waals surface area contributed by atoms with Gasteiger partial charge in [-0.3, -0.25) is 9.69 Å². The molecule has 0 spiro atoms. The van der Waals surface area contributed by atoms with Crippen LogP contribution in [0.5, 0.6) is 0 Å². The van der Waals surface area contributed by atoms with Gasteiger partial charge < -0.3 is 9.64 Å². The van der Waals surface area contributed by atoms with E-state index in [2.05, 4.69) is 4.90 Å². The molecule has 7 heteroatoms. The highest BCUT2D eigenvalue weighted by atomic mass is 35.5. The zero-order valence-electron chi connectivity index (χ0n) is 19.0. The van der Waals surface area contributed by atoms with E-state index >= 15 is 0 Å². The molecule has 0 radical (unpaired) electrons. The fourth-order valence-electron chi connectivity index (χ4n) is 4.03. The molecule has 1 aliphatic heterocycles. The van der Waals surface area contributed by atoms with Gasteiger partial charge in [0.25, 0.3) is 5.91 Å². The van der Waals surface area contributed by atoms with E-state index in [-0.39, 0.29) is 18.1 Å². The maximum absolute atomic E-state index is 14.1. The predicted octanol–water partition coefficient (Wildman–Crippen LogP) is 5.64. The third-order valence-corrected chi connectivity index (χ3v) is 6.37. The van der Waals surface area contributed by atoms with E-state index in [0.29, 0.717) is 43.3 Å². The molecule has 1 heterocycles. The number of hydrogen-bond acceptors (Lipinski definition) is 3. The minimum Gasteiger partial charge on any atom is -0.367 e. The van der Waals surface area contributed by atoms with Crippen molar-refractivity contribution in [1.29, 1.82) is 0 Å². The van der Waals surface area contributed by atoms with Gasteiger partial charge in [-0.25, -0.2) is 8.78 Å². The van der Waals surface area contributed by atoms with Crippen LogP contribution >= 0.6 is 11.6 Å². The van der Waals surface area contributed by atoms with Gasteiger partial charge in [0.15, 0.2) is 0 Å². The lowest BCUT2D eigenvalue weighted by atomic mass is 10.1. The highest BCUT2D eigenvalue weighted by Gasteiger charge is 2.25. The fraction of sp³-hybridized carbons (Fsp3) is 0.296. The Labute approximate surface area is 203 Å². The summed E-state index contributed by atoms with van der Waals surface area (Å²) in [7, 11) is 0. The molecule has 0 unspecified atom stereocenters. The lowest BCUT2D eigenvalue weighted by Crippen LogP contribution is -2.49. The zero-order chi connectivity index (χ0) is 24.1. The summed E-state index contributed by atoms with van der Waals surface area (Å²) in [4.78, 5) is 16.9. The Hall–Kier alpha value is -2.80. The SMILES string of the molecule is Cc1ccc(C(=O)N2CCN(C[C@H](OCc3c(F)cccc3F)c3ccc(Cl)cc3)CC2)cc1. The van der Waals surface area contributed by atoms with Gasteiger partial charge in [-0.2, -0.15) is 0 Å². The Bertz CT molecular complexity index is 1090. The third kappa shape index (κ3) is 6.00. The van der Waals surface area contributed by atoms with Crippen LogP contribution in [0.2, 0.25) is 5.02 Å². The molecule has 1 saturated heterocycles. The molecular weight excluding hydrogens is 458 g/mol. The van der Waals surface area contributed by atoms with Gasteiger partial charge in [-0.15, -0.1) is 0 Å². The van der Waals surface area contributed by atoms with E-state index in [9.17, 15) is 13.6 Å². The van der Waals surface area contributed by atoms with Crippen LogP contribution < -0.4 is 0 Å². The first-order valence-electron chi connectivity index (χ1n) is 11.3. The highest BCUT2D eigenvalue weighted by Crippen LogP contribution is 2.25. The standard InChI is InChI=1S/C27H27ClF2N2O2/c1-19-5-7-21(8-6-19)27(33)32-15-13-31(14-16-32)17-26(20-9-11-22(28)12-10-20)34-18-23-24(29)3-2-4-25(23)30/h2-12,26H,13-18H2,1H3/t26-/m0/s1. The van der Waals surface area contributed by atoms with Crippen LogP contribution in [0.4, 0.5) is 8.78 Å². The molecule has 178 valence electrons. The Balaban J connectivity index is 1.41. The Morgan fingerprint density at radius 2 is 1.56 bits per heavy atom. The maximum atomic E-state index is 14.1. The molecule has 3 aromatic carbocycles. The number of rotatable bonds is 7. The Kier molecular flexibility index (Phi) is 7.93. The van der Waals surface area contributed by atoms with Crippen LogP contribution in [0.25, 0.3) is 0 Å². The molecule has 0 aromatic heterocycles. The average Bonchev–Trinajstić information content (AvgIpc) is 2.84. The zero-order valence-corrected chi connectivity index (χ0v) is 19.8. The van der Waals surface area contributed by atoms with Crippen molar-refractivity contribution in [2.24, 2.45) is 0 Å². The lowest BCUT2D eigenvalue weighted by molar-refractivity contribution is 0.00145. The lowest BCUT2D eigenvalue weighted by Gasteiger charge is -2.36. The number of ether oxygens (including phenoxy) is 1. The fourth-order valence-corrected chi connectivity index (χ4v) is 4.16. The molecule has 0 aliphatic carbocycles. The first-order valence-corrected chi connectivity index (χ1v) is 11.7. The number of nitrogens with zero attached hydrogens (tertiary/aromatic N) is 2. The van der Waals surface area contributed by atoms with Crippen molar-refractivity contribution in [3.63, 3.8) is 0 Å². The molecule has 0 N–H and O–H groups in total. The minimum absolute atomic E-state index is 0.0279. The molecule has 1 atom stereocenters. The number of halogens is 3. The van der Waals surface area contributed by atoms with E-state index in [4.69, 9.17) is 16.3 Å². The van der Waals surface area contributed by atoms with Gasteiger partial charge >= 0.3 is 0 Å². The molecule has 0 saturated carbocycles. The smallest absolute Gasteiger partial charge is 0.253 e. The molecule has 4 nitrogen and oxygen atoms in total. The van der Waals surface area contributed by atoms with Crippen LogP contribution in [-0.2, 0) is 11.3 Å². The predicted molar refractivity (Wildman–Crippen MR) is 129 cm³/mol. The minimum atomic E-state index is -0.627. The summed E-state index contributed by atoms with van der Waals surface area (Å²) in [5.74, 6) is -1.23. The van der Waals surface area contributed by atoms with Crippen molar-refractivity contribution in [3.05, 3.63) is 106 Å². The summed E-state index contributed by atoms with van der Waals surface area (Å²) in [5, 5.41) is 0.603. The van der Waals surface area contributed by atoms with Crippen molar-refractivity contribution < 1.29 is 18.3 Å². The van der Waals surface area contributed by atoms with E-state index < -0.39 is 17.7 Å². The number of carbonyl (C=O) groups excluding carboxylic acids is 1. The average molecular weight is 485 g/mol. The molecule has 3 aromatic rings. The normalized spacial score (nSPS) is 15.4. The second kappa shape index (κ2) is 11.1. The van der Waals surface area contributed by atoms with Crippen molar-refractivity contribution in [2.75, 3.05) is 32.7 Å². The Morgan fingerprint density at radius 1 is 0.941 bits per heavy atom. The van der Waals surface area contributed by atoms with E-state index in [1.165, 1.54) is 18.2 Å². The van der Waals surface area contributed by atoms with Crippen molar-refractivity contribution in [1.82, 2.24) is 9.80 Å².